The molecule has 2 N–H and O–H groups in total. The topological polar surface area (TPSA) is 84.3 Å². The molecule has 0 saturated heterocycles. The van der Waals surface area contributed by atoms with Crippen LogP contribution in [0.2, 0.25) is 0 Å². The second-order valence-corrected chi connectivity index (χ2v) is 6.66. The lowest BCUT2D eigenvalue weighted by Gasteiger charge is -2.15. The standard InChI is InChI=1S/C14H17N3O3S/c1-21-10-3-2-9(6-10)15-12-7-11-8(5-14(18)16-11)4-13(12)17(19)20/h4,7,9-10,15H,2-3,5-6H2,1H3,(H,16,18). The van der Waals surface area contributed by atoms with Crippen molar-refractivity contribution in [3.8, 4) is 0 Å². The summed E-state index contributed by atoms with van der Waals surface area (Å²) in [6.07, 6.45) is 5.48. The lowest BCUT2D eigenvalue weighted by Crippen LogP contribution is -2.17. The van der Waals surface area contributed by atoms with E-state index in [1.54, 1.807) is 6.07 Å². The summed E-state index contributed by atoms with van der Waals surface area (Å²) < 4.78 is 0. The number of hydrogen-bond acceptors (Lipinski definition) is 5. The van der Waals surface area contributed by atoms with Gasteiger partial charge in [0.2, 0.25) is 5.91 Å². The molecule has 0 aromatic heterocycles. The molecule has 1 heterocycles. The molecular weight excluding hydrogens is 290 g/mol. The Balaban J connectivity index is 1.85. The molecule has 1 aromatic carbocycles. The highest BCUT2D eigenvalue weighted by Gasteiger charge is 2.28. The van der Waals surface area contributed by atoms with Crippen LogP contribution in [0.1, 0.15) is 24.8 Å². The van der Waals surface area contributed by atoms with Crippen LogP contribution < -0.4 is 10.6 Å². The van der Waals surface area contributed by atoms with Crippen molar-refractivity contribution in [2.75, 3.05) is 16.9 Å². The summed E-state index contributed by atoms with van der Waals surface area (Å²) >= 11 is 1.85. The third-order valence-electron chi connectivity index (χ3n) is 4.12. The number of carbonyl (C=O) groups excluding carboxylic acids is 1. The van der Waals surface area contributed by atoms with Gasteiger partial charge in [-0.2, -0.15) is 11.8 Å². The van der Waals surface area contributed by atoms with E-state index >= 15 is 0 Å². The van der Waals surface area contributed by atoms with Crippen LogP contribution in [0.15, 0.2) is 12.1 Å². The first-order valence-electron chi connectivity index (χ1n) is 6.97. The first-order chi connectivity index (χ1) is 10.1. The molecule has 1 aromatic rings. The Labute approximate surface area is 126 Å². The number of nitro benzene ring substituents is 1. The van der Waals surface area contributed by atoms with E-state index in [9.17, 15) is 14.9 Å². The van der Waals surface area contributed by atoms with Crippen LogP contribution in [-0.2, 0) is 11.2 Å². The van der Waals surface area contributed by atoms with Gasteiger partial charge in [0.05, 0.1) is 11.3 Å². The van der Waals surface area contributed by atoms with Gasteiger partial charge < -0.3 is 10.6 Å². The van der Waals surface area contributed by atoms with Gasteiger partial charge >= 0.3 is 0 Å². The molecule has 0 bridgehead atoms. The van der Waals surface area contributed by atoms with Crippen molar-refractivity contribution < 1.29 is 9.72 Å². The van der Waals surface area contributed by atoms with E-state index in [1.165, 1.54) is 6.07 Å². The van der Waals surface area contributed by atoms with Crippen LogP contribution >= 0.6 is 11.8 Å². The van der Waals surface area contributed by atoms with Crippen LogP contribution in [0.5, 0.6) is 0 Å². The van der Waals surface area contributed by atoms with Gasteiger partial charge in [-0.25, -0.2) is 0 Å². The third-order valence-corrected chi connectivity index (χ3v) is 5.22. The molecule has 1 aliphatic heterocycles. The summed E-state index contributed by atoms with van der Waals surface area (Å²) in [6, 6.07) is 3.47. The largest absolute Gasteiger partial charge is 0.377 e. The first kappa shape index (κ1) is 14.2. The second-order valence-electron chi connectivity index (χ2n) is 5.52. The normalized spacial score (nSPS) is 23.8. The van der Waals surface area contributed by atoms with Gasteiger partial charge in [0, 0.05) is 23.0 Å². The van der Waals surface area contributed by atoms with Gasteiger partial charge in [0.1, 0.15) is 5.69 Å². The van der Waals surface area contributed by atoms with Crippen molar-refractivity contribution >= 4 is 34.7 Å². The minimum absolute atomic E-state index is 0.0536. The summed E-state index contributed by atoms with van der Waals surface area (Å²) in [4.78, 5) is 22.3. The maximum atomic E-state index is 11.4. The van der Waals surface area contributed by atoms with E-state index in [1.807, 2.05) is 11.8 Å². The van der Waals surface area contributed by atoms with Crippen molar-refractivity contribution in [2.24, 2.45) is 0 Å². The molecule has 2 unspecified atom stereocenters. The van der Waals surface area contributed by atoms with Crippen molar-refractivity contribution in [2.45, 2.75) is 37.0 Å². The van der Waals surface area contributed by atoms with Crippen LogP contribution in [0.3, 0.4) is 0 Å². The summed E-state index contributed by atoms with van der Waals surface area (Å²) in [5, 5.41) is 17.9. The number of rotatable bonds is 4. The highest BCUT2D eigenvalue weighted by atomic mass is 32.2. The minimum atomic E-state index is -0.383. The Morgan fingerprint density at radius 3 is 2.90 bits per heavy atom. The van der Waals surface area contributed by atoms with Crippen molar-refractivity contribution in [3.63, 3.8) is 0 Å². The number of nitro groups is 1. The zero-order valence-electron chi connectivity index (χ0n) is 11.7. The predicted molar refractivity (Wildman–Crippen MR) is 84.0 cm³/mol. The molecule has 0 radical (unpaired) electrons. The van der Waals surface area contributed by atoms with Gasteiger partial charge in [-0.3, -0.25) is 14.9 Å². The maximum absolute atomic E-state index is 11.4. The third kappa shape index (κ3) is 2.83. The number of nitrogens with zero attached hydrogens (tertiary/aromatic N) is 1. The highest BCUT2D eigenvalue weighted by molar-refractivity contribution is 7.99. The molecule has 2 atom stereocenters. The lowest BCUT2D eigenvalue weighted by molar-refractivity contribution is -0.384. The van der Waals surface area contributed by atoms with Crippen molar-refractivity contribution in [1.29, 1.82) is 0 Å². The van der Waals surface area contributed by atoms with E-state index in [0.717, 1.165) is 19.3 Å². The quantitative estimate of drug-likeness (QED) is 0.660. The van der Waals surface area contributed by atoms with Gasteiger partial charge in [0.15, 0.2) is 0 Å². The van der Waals surface area contributed by atoms with Gasteiger partial charge in [-0.15, -0.1) is 0 Å². The Hall–Kier alpha value is -1.76. The molecule has 1 amide bonds. The molecule has 2 aliphatic rings. The number of fused-ring (bicyclic) bond motifs is 1. The Morgan fingerprint density at radius 2 is 2.24 bits per heavy atom. The van der Waals surface area contributed by atoms with E-state index in [2.05, 4.69) is 16.9 Å². The Kier molecular flexibility index (Phi) is 3.75. The predicted octanol–water partition coefficient (Wildman–Crippen LogP) is 2.79. The maximum Gasteiger partial charge on any atom is 0.292 e. The molecule has 1 aliphatic carbocycles. The summed E-state index contributed by atoms with van der Waals surface area (Å²) in [5.41, 5.74) is 1.95. The average Bonchev–Trinajstić information content (AvgIpc) is 3.02. The van der Waals surface area contributed by atoms with E-state index in [4.69, 9.17) is 0 Å². The lowest BCUT2D eigenvalue weighted by atomic mass is 10.1. The Morgan fingerprint density at radius 1 is 1.43 bits per heavy atom. The van der Waals surface area contributed by atoms with Crippen LogP contribution in [0.4, 0.5) is 17.1 Å². The van der Waals surface area contributed by atoms with Crippen LogP contribution in [0.25, 0.3) is 0 Å². The number of amides is 1. The van der Waals surface area contributed by atoms with E-state index < -0.39 is 0 Å². The van der Waals surface area contributed by atoms with Gasteiger partial charge in [-0.05, 0) is 37.1 Å². The molecular formula is C14H17N3O3S. The average molecular weight is 307 g/mol. The first-order valence-corrected chi connectivity index (χ1v) is 8.26. The minimum Gasteiger partial charge on any atom is -0.377 e. The number of anilines is 2. The smallest absolute Gasteiger partial charge is 0.292 e. The van der Waals surface area contributed by atoms with E-state index in [-0.39, 0.29) is 29.0 Å². The molecule has 7 heteroatoms. The number of benzene rings is 1. The second kappa shape index (κ2) is 5.55. The SMILES string of the molecule is CSC1CCC(Nc2cc3c(cc2[N+](=O)[O-])CC(=O)N3)C1. The molecule has 6 nitrogen and oxygen atoms in total. The number of hydrogen-bond donors (Lipinski definition) is 2. The van der Waals surface area contributed by atoms with Crippen molar-refractivity contribution in [3.05, 3.63) is 27.8 Å². The van der Waals surface area contributed by atoms with E-state index in [0.29, 0.717) is 22.2 Å². The summed E-state index contributed by atoms with van der Waals surface area (Å²) in [5.74, 6) is -0.111. The Bertz CT molecular complexity index is 605. The molecule has 112 valence electrons. The summed E-state index contributed by atoms with van der Waals surface area (Å²) in [7, 11) is 0. The fraction of sp³-hybridized carbons (Fsp3) is 0.500. The van der Waals surface area contributed by atoms with Crippen LogP contribution in [0, 0.1) is 10.1 Å². The molecule has 1 saturated carbocycles. The highest BCUT2D eigenvalue weighted by Crippen LogP contribution is 2.37. The van der Waals surface area contributed by atoms with Gasteiger partial charge in [0.25, 0.3) is 5.69 Å². The molecule has 3 rings (SSSR count). The molecule has 1 fully saturated rings. The van der Waals surface area contributed by atoms with Gasteiger partial charge in [-0.1, -0.05) is 0 Å². The summed E-state index contributed by atoms with van der Waals surface area (Å²) in [6.45, 7) is 0. The molecule has 0 spiro atoms. The number of thioether (sulfide) groups is 1. The zero-order chi connectivity index (χ0) is 15.0. The number of nitrogens with one attached hydrogen (secondary N) is 2. The number of carbonyl (C=O) groups is 1. The molecule has 21 heavy (non-hydrogen) atoms. The monoisotopic (exact) mass is 307 g/mol. The fourth-order valence-electron chi connectivity index (χ4n) is 3.03. The van der Waals surface area contributed by atoms with Crippen molar-refractivity contribution in [1.82, 2.24) is 0 Å². The fourth-order valence-corrected chi connectivity index (χ4v) is 3.83. The zero-order valence-corrected chi connectivity index (χ0v) is 12.5. The van der Waals surface area contributed by atoms with Crippen LogP contribution in [-0.4, -0.2) is 28.4 Å².